The topological polar surface area (TPSA) is 110 Å². The molecule has 1 rings (SSSR count). The van der Waals surface area contributed by atoms with Gasteiger partial charge in [-0.25, -0.2) is 13.1 Å². The summed E-state index contributed by atoms with van der Waals surface area (Å²) in [4.78, 5) is 11.1. The summed E-state index contributed by atoms with van der Waals surface area (Å²) in [6, 6.07) is 0.472. The molecule has 0 spiro atoms. The van der Waals surface area contributed by atoms with E-state index in [0.717, 1.165) is 6.42 Å². The van der Waals surface area contributed by atoms with Crippen LogP contribution in [0.15, 0.2) is 10.6 Å². The molecule has 0 amide bonds. The number of carbonyl (C=O) groups is 1. The summed E-state index contributed by atoms with van der Waals surface area (Å²) in [5.41, 5.74) is -0.00951. The Balaban J connectivity index is 2.78. The second kappa shape index (κ2) is 7.23. The van der Waals surface area contributed by atoms with E-state index in [-0.39, 0.29) is 17.5 Å². The molecule has 1 aromatic heterocycles. The minimum Gasteiger partial charge on any atom is -0.480 e. The first-order chi connectivity index (χ1) is 10.0. The summed E-state index contributed by atoms with van der Waals surface area (Å²) in [6.07, 6.45) is 1.69. The molecular formula is C14H24N2O5S. The van der Waals surface area contributed by atoms with Gasteiger partial charge in [0.1, 0.15) is 23.2 Å². The molecule has 0 radical (unpaired) electrons. The second-order valence-electron chi connectivity index (χ2n) is 6.34. The molecule has 7 nitrogen and oxygen atoms in total. The van der Waals surface area contributed by atoms with E-state index in [2.05, 4.69) is 9.88 Å². The summed E-state index contributed by atoms with van der Waals surface area (Å²) in [7, 11) is -3.79. The van der Waals surface area contributed by atoms with Crippen molar-refractivity contribution in [1.29, 1.82) is 0 Å². The van der Waals surface area contributed by atoms with Crippen molar-refractivity contribution in [3.8, 4) is 0 Å². The fourth-order valence-corrected chi connectivity index (χ4v) is 3.09. The highest BCUT2D eigenvalue weighted by Crippen LogP contribution is 2.23. The van der Waals surface area contributed by atoms with Crippen LogP contribution in [0.4, 0.5) is 0 Å². The van der Waals surface area contributed by atoms with Gasteiger partial charge in [0, 0.05) is 11.5 Å². The smallest absolute Gasteiger partial charge is 0.321 e. The lowest BCUT2D eigenvalue weighted by Gasteiger charge is -2.13. The van der Waals surface area contributed by atoms with Gasteiger partial charge >= 0.3 is 5.97 Å². The van der Waals surface area contributed by atoms with Crippen LogP contribution in [0.25, 0.3) is 0 Å². The highest BCUT2D eigenvalue weighted by molar-refractivity contribution is 7.88. The molecule has 0 aromatic carbocycles. The maximum atomic E-state index is 12.1. The number of aromatic nitrogens is 1. The van der Waals surface area contributed by atoms with Gasteiger partial charge in [0.2, 0.25) is 10.0 Å². The number of unbranched alkanes of at least 4 members (excludes halogenated alkanes) is 1. The molecule has 1 atom stereocenters. The molecule has 0 fully saturated rings. The maximum absolute atomic E-state index is 12.1. The predicted molar refractivity (Wildman–Crippen MR) is 81.9 cm³/mol. The van der Waals surface area contributed by atoms with Crippen molar-refractivity contribution < 1.29 is 22.8 Å². The highest BCUT2D eigenvalue weighted by Gasteiger charge is 2.26. The van der Waals surface area contributed by atoms with Gasteiger partial charge in [-0.2, -0.15) is 0 Å². The summed E-state index contributed by atoms with van der Waals surface area (Å²) in [5.74, 6) is -0.992. The third-order valence-electron chi connectivity index (χ3n) is 3.10. The van der Waals surface area contributed by atoms with Crippen LogP contribution in [-0.4, -0.2) is 30.7 Å². The molecule has 2 N–H and O–H groups in total. The van der Waals surface area contributed by atoms with Crippen LogP contribution < -0.4 is 4.72 Å². The Morgan fingerprint density at radius 3 is 2.55 bits per heavy atom. The zero-order valence-electron chi connectivity index (χ0n) is 13.4. The van der Waals surface area contributed by atoms with Gasteiger partial charge in [0.05, 0.1) is 0 Å². The number of rotatable bonds is 8. The van der Waals surface area contributed by atoms with E-state index in [1.54, 1.807) is 6.07 Å². The lowest BCUT2D eigenvalue weighted by Crippen LogP contribution is -2.41. The van der Waals surface area contributed by atoms with E-state index >= 15 is 0 Å². The van der Waals surface area contributed by atoms with Crippen LogP contribution in [-0.2, 0) is 26.0 Å². The van der Waals surface area contributed by atoms with E-state index in [0.29, 0.717) is 12.2 Å². The molecular weight excluding hydrogens is 308 g/mol. The monoisotopic (exact) mass is 332 g/mol. The molecule has 0 bridgehead atoms. The first-order valence-corrected chi connectivity index (χ1v) is 8.89. The van der Waals surface area contributed by atoms with Crippen LogP contribution in [0.1, 0.15) is 58.4 Å². The number of aliphatic carboxylic acids is 1. The molecule has 126 valence electrons. The molecule has 22 heavy (non-hydrogen) atoms. The largest absolute Gasteiger partial charge is 0.480 e. The van der Waals surface area contributed by atoms with Crippen LogP contribution in [0.3, 0.4) is 0 Å². The van der Waals surface area contributed by atoms with Crippen LogP contribution in [0, 0.1) is 0 Å². The van der Waals surface area contributed by atoms with Gasteiger partial charge < -0.3 is 9.63 Å². The number of carboxylic acids is 1. The lowest BCUT2D eigenvalue weighted by atomic mass is 9.93. The SMILES string of the molecule is CCCC[C@H](NS(=O)(=O)Cc1cc(C(C)(C)C)on1)C(=O)O. The third kappa shape index (κ3) is 5.76. The standard InChI is InChI=1S/C14H24N2O5S/c1-5-6-7-11(13(17)18)16-22(19,20)9-10-8-12(21-15-10)14(2,3)4/h8,11,16H,5-7,9H2,1-4H3,(H,17,18)/t11-/m0/s1. The van der Waals surface area contributed by atoms with Crippen molar-refractivity contribution in [2.24, 2.45) is 0 Å². The summed E-state index contributed by atoms with van der Waals surface area (Å²) in [6.45, 7) is 7.69. The van der Waals surface area contributed by atoms with E-state index < -0.39 is 27.8 Å². The number of hydrogen-bond donors (Lipinski definition) is 2. The van der Waals surface area contributed by atoms with E-state index in [4.69, 9.17) is 9.63 Å². The molecule has 1 aromatic rings. The first kappa shape index (κ1) is 18.6. The third-order valence-corrected chi connectivity index (χ3v) is 4.42. The molecule has 0 saturated carbocycles. The Bertz CT molecular complexity index is 601. The van der Waals surface area contributed by atoms with E-state index in [1.165, 1.54) is 0 Å². The Kier molecular flexibility index (Phi) is 6.13. The predicted octanol–water partition coefficient (Wildman–Crippen LogP) is 2.03. The van der Waals surface area contributed by atoms with Crippen LogP contribution >= 0.6 is 0 Å². The van der Waals surface area contributed by atoms with Crippen molar-refractivity contribution in [3.63, 3.8) is 0 Å². The van der Waals surface area contributed by atoms with Crippen molar-refractivity contribution in [3.05, 3.63) is 17.5 Å². The first-order valence-electron chi connectivity index (χ1n) is 7.24. The fourth-order valence-electron chi connectivity index (χ4n) is 1.83. The Morgan fingerprint density at radius 2 is 2.09 bits per heavy atom. The second-order valence-corrected chi connectivity index (χ2v) is 8.10. The van der Waals surface area contributed by atoms with Gasteiger partial charge in [-0.1, -0.05) is 45.7 Å². The van der Waals surface area contributed by atoms with Crippen LogP contribution in [0.5, 0.6) is 0 Å². The summed E-state index contributed by atoms with van der Waals surface area (Å²) in [5, 5.41) is 12.8. The lowest BCUT2D eigenvalue weighted by molar-refractivity contribution is -0.139. The van der Waals surface area contributed by atoms with Gasteiger partial charge in [-0.3, -0.25) is 4.79 Å². The molecule has 8 heteroatoms. The number of carboxylic acid groups (broad SMARTS) is 1. The van der Waals surface area contributed by atoms with Crippen LogP contribution in [0.2, 0.25) is 0 Å². The number of nitrogens with one attached hydrogen (secondary N) is 1. The van der Waals surface area contributed by atoms with Crippen molar-refractivity contribution >= 4 is 16.0 Å². The Hall–Kier alpha value is -1.41. The zero-order valence-corrected chi connectivity index (χ0v) is 14.2. The average molecular weight is 332 g/mol. The maximum Gasteiger partial charge on any atom is 0.321 e. The fraction of sp³-hybridized carbons (Fsp3) is 0.714. The minimum atomic E-state index is -3.79. The van der Waals surface area contributed by atoms with Gasteiger partial charge in [-0.15, -0.1) is 0 Å². The molecule has 1 heterocycles. The van der Waals surface area contributed by atoms with E-state index in [9.17, 15) is 13.2 Å². The zero-order chi connectivity index (χ0) is 17.0. The average Bonchev–Trinajstić information content (AvgIpc) is 2.81. The normalized spacial score (nSPS) is 14.0. The molecule has 0 aliphatic heterocycles. The van der Waals surface area contributed by atoms with E-state index in [1.807, 2.05) is 27.7 Å². The molecule has 0 aliphatic carbocycles. The number of nitrogens with zero attached hydrogens (tertiary/aromatic N) is 1. The molecule has 0 aliphatic rings. The van der Waals surface area contributed by atoms with Gasteiger partial charge in [0.15, 0.2) is 0 Å². The van der Waals surface area contributed by atoms with Crippen molar-refractivity contribution in [2.45, 2.75) is 64.2 Å². The van der Waals surface area contributed by atoms with Crippen molar-refractivity contribution in [1.82, 2.24) is 9.88 Å². The Morgan fingerprint density at radius 1 is 1.45 bits per heavy atom. The Labute approximate surface area is 131 Å². The summed E-state index contributed by atoms with van der Waals surface area (Å²) < 4.78 is 31.5. The summed E-state index contributed by atoms with van der Waals surface area (Å²) >= 11 is 0. The molecule has 0 unspecified atom stereocenters. The minimum absolute atomic E-state index is 0.261. The number of sulfonamides is 1. The van der Waals surface area contributed by atoms with Crippen molar-refractivity contribution in [2.75, 3.05) is 0 Å². The molecule has 0 saturated heterocycles. The van der Waals surface area contributed by atoms with Gasteiger partial charge in [0.25, 0.3) is 0 Å². The highest BCUT2D eigenvalue weighted by atomic mass is 32.2. The number of hydrogen-bond acceptors (Lipinski definition) is 5. The van der Waals surface area contributed by atoms with Gasteiger partial charge in [-0.05, 0) is 6.42 Å². The quantitative estimate of drug-likeness (QED) is 0.754.